The van der Waals surface area contributed by atoms with Crippen LogP contribution in [0.4, 0.5) is 0 Å². The Bertz CT molecular complexity index is 862. The van der Waals surface area contributed by atoms with Crippen molar-refractivity contribution >= 4 is 5.91 Å². The van der Waals surface area contributed by atoms with Crippen molar-refractivity contribution in [2.75, 3.05) is 0 Å². The first-order chi connectivity index (χ1) is 11.3. The van der Waals surface area contributed by atoms with Crippen LogP contribution in [0.15, 0.2) is 67.1 Å². The molecule has 0 aliphatic carbocycles. The van der Waals surface area contributed by atoms with Crippen molar-refractivity contribution in [3.8, 4) is 11.8 Å². The number of imidazole rings is 1. The molecule has 5 nitrogen and oxygen atoms in total. The van der Waals surface area contributed by atoms with Gasteiger partial charge in [0.15, 0.2) is 0 Å². The maximum absolute atomic E-state index is 12.4. The lowest BCUT2D eigenvalue weighted by atomic mass is 10.1. The van der Waals surface area contributed by atoms with Gasteiger partial charge in [0.1, 0.15) is 5.69 Å². The summed E-state index contributed by atoms with van der Waals surface area (Å²) in [4.78, 5) is 16.5. The lowest BCUT2D eigenvalue weighted by molar-refractivity contribution is 0.0944. The molecule has 0 saturated heterocycles. The van der Waals surface area contributed by atoms with Gasteiger partial charge < -0.3 is 5.32 Å². The fourth-order valence-corrected chi connectivity index (χ4v) is 2.28. The van der Waals surface area contributed by atoms with E-state index < -0.39 is 0 Å². The summed E-state index contributed by atoms with van der Waals surface area (Å²) in [7, 11) is 0. The molecule has 0 atom stereocenters. The van der Waals surface area contributed by atoms with Crippen LogP contribution < -0.4 is 5.32 Å². The number of rotatable bonds is 4. The van der Waals surface area contributed by atoms with E-state index in [0.29, 0.717) is 17.8 Å². The van der Waals surface area contributed by atoms with Crippen molar-refractivity contribution in [3.63, 3.8) is 0 Å². The van der Waals surface area contributed by atoms with Crippen molar-refractivity contribution in [1.82, 2.24) is 14.9 Å². The van der Waals surface area contributed by atoms with Gasteiger partial charge in [-0.1, -0.05) is 30.3 Å². The molecular formula is C18H14N4O. The molecule has 1 N–H and O–H groups in total. The van der Waals surface area contributed by atoms with Crippen molar-refractivity contribution in [3.05, 3.63) is 83.9 Å². The zero-order valence-electron chi connectivity index (χ0n) is 12.3. The number of benzene rings is 2. The summed E-state index contributed by atoms with van der Waals surface area (Å²) >= 11 is 0. The summed E-state index contributed by atoms with van der Waals surface area (Å²) in [5, 5.41) is 11.8. The van der Waals surface area contributed by atoms with Crippen LogP contribution in [-0.4, -0.2) is 15.5 Å². The summed E-state index contributed by atoms with van der Waals surface area (Å²) < 4.78 is 1.74. The van der Waals surface area contributed by atoms with Crippen molar-refractivity contribution in [2.45, 2.75) is 6.54 Å². The highest BCUT2D eigenvalue weighted by atomic mass is 16.1. The number of carbonyl (C=O) groups excluding carboxylic acids is 1. The van der Waals surface area contributed by atoms with Gasteiger partial charge in [0.05, 0.1) is 24.2 Å². The first kappa shape index (κ1) is 14.5. The largest absolute Gasteiger partial charge is 0.347 e. The fraction of sp³-hybridized carbons (Fsp3) is 0.0556. The van der Waals surface area contributed by atoms with Crippen LogP contribution in [0.1, 0.15) is 21.6 Å². The van der Waals surface area contributed by atoms with E-state index in [-0.39, 0.29) is 5.91 Å². The molecule has 1 aromatic heterocycles. The Labute approximate surface area is 133 Å². The van der Waals surface area contributed by atoms with E-state index in [2.05, 4.69) is 16.4 Å². The van der Waals surface area contributed by atoms with Crippen LogP contribution in [0.5, 0.6) is 0 Å². The fourth-order valence-electron chi connectivity index (χ4n) is 2.28. The van der Waals surface area contributed by atoms with Crippen LogP contribution in [0.3, 0.4) is 0 Å². The van der Waals surface area contributed by atoms with Crippen molar-refractivity contribution in [2.24, 2.45) is 0 Å². The molecule has 112 valence electrons. The highest BCUT2D eigenvalue weighted by molar-refractivity contribution is 5.92. The average molecular weight is 302 g/mol. The molecule has 0 fully saturated rings. The number of hydrogen-bond donors (Lipinski definition) is 1. The van der Waals surface area contributed by atoms with Gasteiger partial charge in [0, 0.05) is 12.2 Å². The third kappa shape index (κ3) is 3.27. The normalized spacial score (nSPS) is 10.0. The molecule has 0 radical (unpaired) electrons. The second kappa shape index (κ2) is 6.58. The molecule has 2 aromatic carbocycles. The number of amides is 1. The van der Waals surface area contributed by atoms with Gasteiger partial charge in [-0.15, -0.1) is 0 Å². The Morgan fingerprint density at radius 1 is 1.17 bits per heavy atom. The molecule has 0 spiro atoms. The quantitative estimate of drug-likeness (QED) is 0.805. The highest BCUT2D eigenvalue weighted by Crippen LogP contribution is 2.11. The predicted octanol–water partition coefficient (Wildman–Crippen LogP) is 2.67. The topological polar surface area (TPSA) is 70.7 Å². The Hall–Kier alpha value is -3.39. The summed E-state index contributed by atoms with van der Waals surface area (Å²) in [5.74, 6) is -0.214. The van der Waals surface area contributed by atoms with E-state index in [9.17, 15) is 4.79 Å². The molecule has 23 heavy (non-hydrogen) atoms. The standard InChI is InChI=1S/C18H14N4O/c19-10-14-5-4-6-15(9-14)11-21-18(23)17-12-20-13-22(17)16-7-2-1-3-8-16/h1-9,12-13H,11H2,(H,21,23). The SMILES string of the molecule is N#Cc1cccc(CNC(=O)c2cncn2-c2ccccc2)c1. The van der Waals surface area contributed by atoms with E-state index in [1.165, 1.54) is 6.20 Å². The highest BCUT2D eigenvalue weighted by Gasteiger charge is 2.12. The first-order valence-corrected chi connectivity index (χ1v) is 7.13. The molecule has 0 bridgehead atoms. The predicted molar refractivity (Wildman–Crippen MR) is 85.9 cm³/mol. The van der Waals surface area contributed by atoms with E-state index in [0.717, 1.165) is 11.3 Å². The summed E-state index contributed by atoms with van der Waals surface area (Å²) in [5.41, 5.74) is 2.79. The summed E-state index contributed by atoms with van der Waals surface area (Å²) in [6.45, 7) is 0.355. The third-order valence-electron chi connectivity index (χ3n) is 3.41. The van der Waals surface area contributed by atoms with Crippen LogP contribution in [0.2, 0.25) is 0 Å². The van der Waals surface area contributed by atoms with Crippen LogP contribution in [0, 0.1) is 11.3 Å². The monoisotopic (exact) mass is 302 g/mol. The maximum Gasteiger partial charge on any atom is 0.270 e. The van der Waals surface area contributed by atoms with Gasteiger partial charge in [0.2, 0.25) is 0 Å². The van der Waals surface area contributed by atoms with Gasteiger partial charge in [-0.25, -0.2) is 4.98 Å². The van der Waals surface area contributed by atoms with Crippen LogP contribution in [0.25, 0.3) is 5.69 Å². The van der Waals surface area contributed by atoms with Crippen LogP contribution in [-0.2, 0) is 6.54 Å². The zero-order chi connectivity index (χ0) is 16.1. The Balaban J connectivity index is 1.75. The number of aromatic nitrogens is 2. The number of hydrogen-bond acceptors (Lipinski definition) is 3. The van der Waals surface area contributed by atoms with Crippen molar-refractivity contribution in [1.29, 1.82) is 5.26 Å². The maximum atomic E-state index is 12.4. The van der Waals surface area contributed by atoms with Crippen LogP contribution >= 0.6 is 0 Å². The Kier molecular flexibility index (Phi) is 4.16. The van der Waals surface area contributed by atoms with Gasteiger partial charge in [-0.3, -0.25) is 9.36 Å². The molecular weight excluding hydrogens is 288 g/mol. The summed E-state index contributed by atoms with van der Waals surface area (Å²) in [6, 6.07) is 18.8. The molecule has 1 heterocycles. The molecule has 3 aromatic rings. The molecule has 3 rings (SSSR count). The second-order valence-corrected chi connectivity index (χ2v) is 4.98. The van der Waals surface area contributed by atoms with E-state index >= 15 is 0 Å². The molecule has 0 aliphatic heterocycles. The average Bonchev–Trinajstić information content (AvgIpc) is 3.10. The van der Waals surface area contributed by atoms with Gasteiger partial charge >= 0.3 is 0 Å². The van der Waals surface area contributed by atoms with E-state index in [1.54, 1.807) is 29.1 Å². The summed E-state index contributed by atoms with van der Waals surface area (Å²) in [6.07, 6.45) is 3.15. The lowest BCUT2D eigenvalue weighted by Crippen LogP contribution is -2.25. The van der Waals surface area contributed by atoms with Crippen molar-refractivity contribution < 1.29 is 4.79 Å². The van der Waals surface area contributed by atoms with Gasteiger partial charge in [0.25, 0.3) is 5.91 Å². The first-order valence-electron chi connectivity index (χ1n) is 7.13. The number of carbonyl (C=O) groups is 1. The Morgan fingerprint density at radius 2 is 2.00 bits per heavy atom. The minimum absolute atomic E-state index is 0.214. The molecule has 5 heteroatoms. The number of nitriles is 1. The molecule has 0 saturated carbocycles. The van der Waals surface area contributed by atoms with Gasteiger partial charge in [-0.2, -0.15) is 5.26 Å². The van der Waals surface area contributed by atoms with E-state index in [1.807, 2.05) is 36.4 Å². The second-order valence-electron chi connectivity index (χ2n) is 4.98. The lowest BCUT2D eigenvalue weighted by Gasteiger charge is -2.09. The smallest absolute Gasteiger partial charge is 0.270 e. The zero-order valence-corrected chi connectivity index (χ0v) is 12.3. The number of nitrogens with one attached hydrogen (secondary N) is 1. The molecule has 0 unspecified atom stereocenters. The van der Waals surface area contributed by atoms with E-state index in [4.69, 9.17) is 5.26 Å². The number of nitrogens with zero attached hydrogens (tertiary/aromatic N) is 3. The minimum Gasteiger partial charge on any atom is -0.347 e. The molecule has 0 aliphatic rings. The third-order valence-corrected chi connectivity index (χ3v) is 3.41. The minimum atomic E-state index is -0.214. The molecule has 1 amide bonds. The Morgan fingerprint density at radius 3 is 2.78 bits per heavy atom. The van der Waals surface area contributed by atoms with Gasteiger partial charge in [-0.05, 0) is 29.8 Å². The number of para-hydroxylation sites is 1.